The first kappa shape index (κ1) is 15.0. The summed E-state index contributed by atoms with van der Waals surface area (Å²) in [6, 6.07) is 5.05. The lowest BCUT2D eigenvalue weighted by Crippen LogP contribution is -2.43. The topological polar surface area (TPSA) is 95.9 Å². The molecule has 0 heterocycles. The maximum absolute atomic E-state index is 11.7. The molecule has 1 atom stereocenters. The van der Waals surface area contributed by atoms with Crippen LogP contribution in [0.2, 0.25) is 0 Å². The zero-order valence-electron chi connectivity index (χ0n) is 10.6. The number of aliphatic hydroxyl groups is 1. The van der Waals surface area contributed by atoms with Crippen molar-refractivity contribution in [3.05, 3.63) is 29.8 Å². The first-order chi connectivity index (χ1) is 9.08. The lowest BCUT2D eigenvalue weighted by molar-refractivity contribution is -0.140. The van der Waals surface area contributed by atoms with E-state index in [1.807, 2.05) is 6.92 Å². The van der Waals surface area contributed by atoms with E-state index < -0.39 is 24.5 Å². The van der Waals surface area contributed by atoms with Crippen molar-refractivity contribution < 1.29 is 24.5 Å². The van der Waals surface area contributed by atoms with Crippen molar-refractivity contribution in [2.24, 2.45) is 0 Å². The van der Waals surface area contributed by atoms with Crippen molar-refractivity contribution in [1.29, 1.82) is 0 Å². The van der Waals surface area contributed by atoms with Crippen molar-refractivity contribution in [1.82, 2.24) is 5.32 Å². The monoisotopic (exact) mass is 267 g/mol. The Kier molecular flexibility index (Phi) is 5.81. The minimum absolute atomic E-state index is 0.309. The number of aliphatic hydroxyl groups excluding tert-OH is 1. The van der Waals surface area contributed by atoms with Gasteiger partial charge >= 0.3 is 5.97 Å². The third-order valence-electron chi connectivity index (χ3n) is 2.38. The Balaban J connectivity index is 2.64. The highest BCUT2D eigenvalue weighted by atomic mass is 16.5. The summed E-state index contributed by atoms with van der Waals surface area (Å²) >= 11 is 0. The van der Waals surface area contributed by atoms with E-state index >= 15 is 0 Å². The second kappa shape index (κ2) is 7.38. The van der Waals surface area contributed by atoms with E-state index in [-0.39, 0.29) is 0 Å². The minimum Gasteiger partial charge on any atom is -0.494 e. The van der Waals surface area contributed by atoms with Gasteiger partial charge in [0.05, 0.1) is 13.2 Å². The number of hydrogen-bond donors (Lipinski definition) is 3. The van der Waals surface area contributed by atoms with Gasteiger partial charge in [-0.1, -0.05) is 6.92 Å². The normalized spacial score (nSPS) is 11.7. The third kappa shape index (κ3) is 4.59. The molecular weight excluding hydrogens is 250 g/mol. The Labute approximate surface area is 111 Å². The standard InChI is InChI=1S/C13H17NO5/c1-2-7-19-10-5-3-9(4-6-10)12(16)14-11(8-15)13(17)18/h3-6,11,15H,2,7-8H2,1H3,(H,14,16)(H,17,18). The summed E-state index contributed by atoms with van der Waals surface area (Å²) < 4.78 is 5.36. The Hall–Kier alpha value is -2.08. The number of nitrogens with one attached hydrogen (secondary N) is 1. The molecule has 3 N–H and O–H groups in total. The van der Waals surface area contributed by atoms with Gasteiger partial charge in [-0.05, 0) is 30.7 Å². The van der Waals surface area contributed by atoms with Crippen LogP contribution in [-0.2, 0) is 4.79 Å². The van der Waals surface area contributed by atoms with Crippen LogP contribution >= 0.6 is 0 Å². The zero-order valence-corrected chi connectivity index (χ0v) is 10.6. The molecule has 0 bridgehead atoms. The summed E-state index contributed by atoms with van der Waals surface area (Å²) in [5.74, 6) is -1.18. The van der Waals surface area contributed by atoms with Gasteiger partial charge in [-0.15, -0.1) is 0 Å². The maximum atomic E-state index is 11.7. The van der Waals surface area contributed by atoms with Gasteiger partial charge < -0.3 is 20.3 Å². The Morgan fingerprint density at radius 3 is 2.42 bits per heavy atom. The van der Waals surface area contributed by atoms with Gasteiger partial charge in [-0.3, -0.25) is 4.79 Å². The molecule has 1 rings (SSSR count). The molecule has 1 amide bonds. The molecule has 0 spiro atoms. The van der Waals surface area contributed by atoms with E-state index in [1.165, 1.54) is 12.1 Å². The van der Waals surface area contributed by atoms with Crippen LogP contribution in [0.1, 0.15) is 23.7 Å². The number of aliphatic carboxylic acids is 1. The fourth-order valence-electron chi connectivity index (χ4n) is 1.35. The predicted molar refractivity (Wildman–Crippen MR) is 68.2 cm³/mol. The van der Waals surface area contributed by atoms with Crippen molar-refractivity contribution >= 4 is 11.9 Å². The average molecular weight is 267 g/mol. The van der Waals surface area contributed by atoms with Crippen LogP contribution in [0.3, 0.4) is 0 Å². The van der Waals surface area contributed by atoms with E-state index in [4.69, 9.17) is 14.9 Å². The van der Waals surface area contributed by atoms with Gasteiger partial charge in [0.15, 0.2) is 6.04 Å². The van der Waals surface area contributed by atoms with Gasteiger partial charge in [0, 0.05) is 5.56 Å². The molecule has 0 aliphatic heterocycles. The largest absolute Gasteiger partial charge is 0.494 e. The molecule has 0 saturated carbocycles. The van der Waals surface area contributed by atoms with Crippen LogP contribution in [0, 0.1) is 0 Å². The van der Waals surface area contributed by atoms with Gasteiger partial charge in [0.2, 0.25) is 0 Å². The van der Waals surface area contributed by atoms with Crippen molar-refractivity contribution in [3.63, 3.8) is 0 Å². The fourth-order valence-corrected chi connectivity index (χ4v) is 1.35. The predicted octanol–water partition coefficient (Wildman–Crippen LogP) is 0.651. The Morgan fingerprint density at radius 1 is 1.32 bits per heavy atom. The lowest BCUT2D eigenvalue weighted by atomic mass is 10.2. The molecule has 6 heteroatoms. The van der Waals surface area contributed by atoms with Gasteiger partial charge in [-0.25, -0.2) is 4.79 Å². The second-order valence-electron chi connectivity index (χ2n) is 3.92. The fraction of sp³-hybridized carbons (Fsp3) is 0.385. The van der Waals surface area contributed by atoms with E-state index in [9.17, 15) is 9.59 Å². The quantitative estimate of drug-likeness (QED) is 0.674. The molecule has 1 aromatic rings. The summed E-state index contributed by atoms with van der Waals surface area (Å²) in [6.45, 7) is 1.93. The number of ether oxygens (including phenoxy) is 1. The highest BCUT2D eigenvalue weighted by molar-refractivity contribution is 5.96. The molecule has 0 radical (unpaired) electrons. The number of carboxylic acids is 1. The zero-order chi connectivity index (χ0) is 14.3. The number of amides is 1. The van der Waals surface area contributed by atoms with Crippen molar-refractivity contribution in [2.45, 2.75) is 19.4 Å². The first-order valence-electron chi connectivity index (χ1n) is 5.95. The molecule has 0 aromatic heterocycles. The summed E-state index contributed by atoms with van der Waals surface area (Å²) in [6.07, 6.45) is 0.888. The Bertz CT molecular complexity index is 429. The van der Waals surface area contributed by atoms with E-state index in [2.05, 4.69) is 5.32 Å². The van der Waals surface area contributed by atoms with Crippen molar-refractivity contribution in [3.8, 4) is 5.75 Å². The van der Waals surface area contributed by atoms with Gasteiger partial charge in [-0.2, -0.15) is 0 Å². The number of rotatable bonds is 7. The van der Waals surface area contributed by atoms with Crippen LogP contribution in [0.25, 0.3) is 0 Å². The molecule has 104 valence electrons. The molecule has 6 nitrogen and oxygen atoms in total. The number of carbonyl (C=O) groups excluding carboxylic acids is 1. The van der Waals surface area contributed by atoms with Crippen molar-refractivity contribution in [2.75, 3.05) is 13.2 Å². The summed E-state index contributed by atoms with van der Waals surface area (Å²) in [5, 5.41) is 19.7. The SMILES string of the molecule is CCCOc1ccc(C(=O)NC(CO)C(=O)O)cc1. The van der Waals surface area contributed by atoms with Crippen LogP contribution in [0.4, 0.5) is 0 Å². The maximum Gasteiger partial charge on any atom is 0.328 e. The first-order valence-corrected chi connectivity index (χ1v) is 5.95. The number of hydrogen-bond acceptors (Lipinski definition) is 4. The second-order valence-corrected chi connectivity index (χ2v) is 3.92. The highest BCUT2D eigenvalue weighted by Gasteiger charge is 2.19. The molecular formula is C13H17NO5. The van der Waals surface area contributed by atoms with E-state index in [0.717, 1.165) is 6.42 Å². The molecule has 0 fully saturated rings. The molecule has 0 saturated heterocycles. The third-order valence-corrected chi connectivity index (χ3v) is 2.38. The summed E-state index contributed by atoms with van der Waals surface area (Å²) in [4.78, 5) is 22.4. The smallest absolute Gasteiger partial charge is 0.328 e. The van der Waals surface area contributed by atoms with Gasteiger partial charge in [0.1, 0.15) is 5.75 Å². The molecule has 0 aliphatic rings. The number of carbonyl (C=O) groups is 2. The minimum atomic E-state index is -1.30. The van der Waals surface area contributed by atoms with Crippen LogP contribution in [0.15, 0.2) is 24.3 Å². The number of carboxylic acid groups (broad SMARTS) is 1. The number of benzene rings is 1. The average Bonchev–Trinajstić information content (AvgIpc) is 2.42. The molecule has 0 aliphatic carbocycles. The van der Waals surface area contributed by atoms with Gasteiger partial charge in [0.25, 0.3) is 5.91 Å². The Morgan fingerprint density at radius 2 is 1.95 bits per heavy atom. The molecule has 19 heavy (non-hydrogen) atoms. The lowest BCUT2D eigenvalue weighted by Gasteiger charge is -2.12. The van der Waals surface area contributed by atoms with E-state index in [0.29, 0.717) is 17.9 Å². The highest BCUT2D eigenvalue weighted by Crippen LogP contribution is 2.12. The van der Waals surface area contributed by atoms with Crippen LogP contribution < -0.4 is 10.1 Å². The summed E-state index contributed by atoms with van der Waals surface area (Å²) in [5.41, 5.74) is 0.309. The molecule has 1 aromatic carbocycles. The van der Waals surface area contributed by atoms with Crippen LogP contribution in [0.5, 0.6) is 5.75 Å². The summed E-state index contributed by atoms with van der Waals surface area (Å²) in [7, 11) is 0. The van der Waals surface area contributed by atoms with Crippen LogP contribution in [-0.4, -0.2) is 41.3 Å². The van der Waals surface area contributed by atoms with E-state index in [1.54, 1.807) is 12.1 Å². The molecule has 1 unspecified atom stereocenters.